The Kier molecular flexibility index (Phi) is 4.50. The lowest BCUT2D eigenvalue weighted by atomic mass is 10.1. The van der Waals surface area contributed by atoms with Gasteiger partial charge in [0.2, 0.25) is 0 Å². The highest BCUT2D eigenvalue weighted by molar-refractivity contribution is 5.50. The van der Waals surface area contributed by atoms with E-state index in [1.807, 2.05) is 4.68 Å². The molecule has 19 heavy (non-hydrogen) atoms. The minimum Gasteiger partial charge on any atom is -0.357 e. The Labute approximate surface area is 117 Å². The molecule has 0 radical (unpaired) electrons. The second-order valence-electron chi connectivity index (χ2n) is 6.10. The van der Waals surface area contributed by atoms with Crippen molar-refractivity contribution in [1.82, 2.24) is 15.1 Å². The van der Waals surface area contributed by atoms with Crippen molar-refractivity contribution in [2.24, 2.45) is 7.05 Å². The maximum atomic E-state index is 4.62. The quantitative estimate of drug-likeness (QED) is 0.887. The van der Waals surface area contributed by atoms with Crippen molar-refractivity contribution in [3.8, 4) is 0 Å². The van der Waals surface area contributed by atoms with Gasteiger partial charge in [0.25, 0.3) is 0 Å². The second kappa shape index (κ2) is 5.95. The summed E-state index contributed by atoms with van der Waals surface area (Å²) in [5.74, 6) is 1.29. The third kappa shape index (κ3) is 3.11. The molecule has 0 bridgehead atoms. The molecule has 4 nitrogen and oxygen atoms in total. The van der Waals surface area contributed by atoms with E-state index in [0.717, 1.165) is 12.2 Å². The molecule has 108 valence electrons. The van der Waals surface area contributed by atoms with Crippen LogP contribution in [-0.4, -0.2) is 28.9 Å². The van der Waals surface area contributed by atoms with Gasteiger partial charge in [-0.2, -0.15) is 5.10 Å². The molecule has 1 N–H and O–H groups in total. The summed E-state index contributed by atoms with van der Waals surface area (Å²) in [6.45, 7) is 7.39. The van der Waals surface area contributed by atoms with Gasteiger partial charge < -0.3 is 10.2 Å². The van der Waals surface area contributed by atoms with Crippen LogP contribution in [0, 0.1) is 6.92 Å². The summed E-state index contributed by atoms with van der Waals surface area (Å²) in [5.41, 5.74) is 2.50. The summed E-state index contributed by atoms with van der Waals surface area (Å²) in [7, 11) is 4.29. The van der Waals surface area contributed by atoms with Gasteiger partial charge in [-0.3, -0.25) is 4.68 Å². The Bertz CT molecular complexity index is 416. The van der Waals surface area contributed by atoms with Gasteiger partial charge in [-0.05, 0) is 19.8 Å². The Morgan fingerprint density at radius 3 is 2.58 bits per heavy atom. The van der Waals surface area contributed by atoms with Crippen LogP contribution in [0.4, 0.5) is 5.82 Å². The van der Waals surface area contributed by atoms with Crippen LogP contribution in [-0.2, 0) is 13.6 Å². The maximum Gasteiger partial charge on any atom is 0.131 e. The Morgan fingerprint density at radius 1 is 1.37 bits per heavy atom. The van der Waals surface area contributed by atoms with Gasteiger partial charge in [-0.1, -0.05) is 26.7 Å². The van der Waals surface area contributed by atoms with Gasteiger partial charge in [-0.25, -0.2) is 0 Å². The topological polar surface area (TPSA) is 33.1 Å². The SMILES string of the molecule is Cc1nn(C)c(N(C)C2CCCC2)c1CNC(C)C. The molecule has 1 fully saturated rings. The van der Waals surface area contributed by atoms with Crippen LogP contribution in [0.3, 0.4) is 0 Å². The van der Waals surface area contributed by atoms with E-state index in [0.29, 0.717) is 12.1 Å². The third-order valence-electron chi connectivity index (χ3n) is 4.21. The largest absolute Gasteiger partial charge is 0.357 e. The molecule has 1 heterocycles. The molecule has 0 amide bonds. The summed E-state index contributed by atoms with van der Waals surface area (Å²) in [6.07, 6.45) is 5.37. The average molecular weight is 264 g/mol. The molecular formula is C15H28N4. The van der Waals surface area contributed by atoms with E-state index in [2.05, 4.69) is 50.2 Å². The fourth-order valence-electron chi connectivity index (χ4n) is 3.11. The first-order chi connectivity index (χ1) is 9.00. The Morgan fingerprint density at radius 2 is 2.00 bits per heavy atom. The summed E-state index contributed by atoms with van der Waals surface area (Å²) in [4.78, 5) is 2.45. The van der Waals surface area contributed by atoms with Crippen LogP contribution in [0.5, 0.6) is 0 Å². The molecule has 1 aliphatic carbocycles. The highest BCUT2D eigenvalue weighted by Gasteiger charge is 2.25. The van der Waals surface area contributed by atoms with Gasteiger partial charge in [0.05, 0.1) is 5.69 Å². The zero-order valence-electron chi connectivity index (χ0n) is 13.0. The third-order valence-corrected chi connectivity index (χ3v) is 4.21. The zero-order chi connectivity index (χ0) is 14.0. The highest BCUT2D eigenvalue weighted by Crippen LogP contribution is 2.30. The van der Waals surface area contributed by atoms with E-state index >= 15 is 0 Å². The minimum absolute atomic E-state index is 0.504. The number of aromatic nitrogens is 2. The number of hydrogen-bond acceptors (Lipinski definition) is 3. The second-order valence-corrected chi connectivity index (χ2v) is 6.10. The van der Waals surface area contributed by atoms with Crippen LogP contribution in [0.2, 0.25) is 0 Å². The van der Waals surface area contributed by atoms with E-state index < -0.39 is 0 Å². The Balaban J connectivity index is 2.22. The fraction of sp³-hybridized carbons (Fsp3) is 0.800. The van der Waals surface area contributed by atoms with Gasteiger partial charge in [0, 0.05) is 38.3 Å². The Hall–Kier alpha value is -1.03. The molecule has 0 spiro atoms. The zero-order valence-corrected chi connectivity index (χ0v) is 13.0. The van der Waals surface area contributed by atoms with Crippen molar-refractivity contribution < 1.29 is 0 Å². The predicted octanol–water partition coefficient (Wildman–Crippen LogP) is 2.61. The molecule has 1 saturated carbocycles. The monoisotopic (exact) mass is 264 g/mol. The lowest BCUT2D eigenvalue weighted by Crippen LogP contribution is -2.32. The molecule has 1 aromatic rings. The number of nitrogens with one attached hydrogen (secondary N) is 1. The van der Waals surface area contributed by atoms with Crippen molar-refractivity contribution in [1.29, 1.82) is 0 Å². The molecule has 1 aromatic heterocycles. The molecule has 0 unspecified atom stereocenters. The van der Waals surface area contributed by atoms with E-state index in [4.69, 9.17) is 0 Å². The van der Waals surface area contributed by atoms with E-state index in [1.165, 1.54) is 37.1 Å². The van der Waals surface area contributed by atoms with Crippen LogP contribution in [0.1, 0.15) is 50.8 Å². The van der Waals surface area contributed by atoms with Gasteiger partial charge in [0.15, 0.2) is 0 Å². The number of anilines is 1. The number of hydrogen-bond donors (Lipinski definition) is 1. The van der Waals surface area contributed by atoms with Gasteiger partial charge >= 0.3 is 0 Å². The van der Waals surface area contributed by atoms with Crippen molar-refractivity contribution in [2.75, 3.05) is 11.9 Å². The van der Waals surface area contributed by atoms with E-state index in [1.54, 1.807) is 0 Å². The average Bonchev–Trinajstić information content (AvgIpc) is 2.94. The van der Waals surface area contributed by atoms with Crippen molar-refractivity contribution in [3.05, 3.63) is 11.3 Å². The predicted molar refractivity (Wildman–Crippen MR) is 80.6 cm³/mol. The summed E-state index contributed by atoms with van der Waals surface area (Å²) in [5, 5.41) is 8.14. The normalized spacial score (nSPS) is 16.5. The minimum atomic E-state index is 0.504. The molecular weight excluding hydrogens is 236 g/mol. The molecule has 0 saturated heterocycles. The van der Waals surface area contributed by atoms with Crippen molar-refractivity contribution in [2.45, 2.75) is 65.1 Å². The smallest absolute Gasteiger partial charge is 0.131 e. The molecule has 2 rings (SSSR count). The first-order valence-electron chi connectivity index (χ1n) is 7.49. The number of nitrogens with zero attached hydrogens (tertiary/aromatic N) is 3. The van der Waals surface area contributed by atoms with Crippen LogP contribution in [0.15, 0.2) is 0 Å². The van der Waals surface area contributed by atoms with Crippen molar-refractivity contribution in [3.63, 3.8) is 0 Å². The fourth-order valence-corrected chi connectivity index (χ4v) is 3.11. The van der Waals surface area contributed by atoms with Gasteiger partial charge in [-0.15, -0.1) is 0 Å². The molecule has 0 aliphatic heterocycles. The first kappa shape index (κ1) is 14.4. The highest BCUT2D eigenvalue weighted by atomic mass is 15.4. The van der Waals surface area contributed by atoms with E-state index in [9.17, 15) is 0 Å². The van der Waals surface area contributed by atoms with Crippen LogP contribution < -0.4 is 10.2 Å². The lowest BCUT2D eigenvalue weighted by Gasteiger charge is -2.27. The van der Waals surface area contributed by atoms with Gasteiger partial charge in [0.1, 0.15) is 5.82 Å². The summed E-state index contributed by atoms with van der Waals surface area (Å²) < 4.78 is 2.05. The number of aryl methyl sites for hydroxylation is 2. The standard InChI is InChI=1S/C15H28N4/c1-11(2)16-10-14-12(3)17-19(5)15(14)18(4)13-8-6-7-9-13/h11,13,16H,6-10H2,1-5H3. The molecule has 0 aromatic carbocycles. The van der Waals surface area contributed by atoms with E-state index in [-0.39, 0.29) is 0 Å². The molecule has 4 heteroatoms. The van der Waals surface area contributed by atoms with Crippen molar-refractivity contribution >= 4 is 5.82 Å². The molecule has 1 aliphatic rings. The van der Waals surface area contributed by atoms with Crippen LogP contribution in [0.25, 0.3) is 0 Å². The lowest BCUT2D eigenvalue weighted by molar-refractivity contribution is 0.580. The molecule has 0 atom stereocenters. The summed E-state index contributed by atoms with van der Waals surface area (Å²) in [6, 6.07) is 1.19. The first-order valence-corrected chi connectivity index (χ1v) is 7.49. The van der Waals surface area contributed by atoms with Crippen LogP contribution >= 0.6 is 0 Å². The number of rotatable bonds is 5. The maximum absolute atomic E-state index is 4.62. The summed E-state index contributed by atoms with van der Waals surface area (Å²) >= 11 is 0.